The number of aliphatic hydroxyl groups is 1. The minimum absolute atomic E-state index is 0.117. The van der Waals surface area contributed by atoms with Gasteiger partial charge in [-0.05, 0) is 44.2 Å². The third-order valence-electron chi connectivity index (χ3n) is 5.60. The van der Waals surface area contributed by atoms with E-state index in [9.17, 15) is 9.90 Å². The molecule has 116 valence electrons. The molecule has 1 aromatic rings. The van der Waals surface area contributed by atoms with Gasteiger partial charge < -0.3 is 19.9 Å². The fourth-order valence-corrected chi connectivity index (χ4v) is 4.39. The molecule has 1 aromatic carbocycles. The highest BCUT2D eigenvalue weighted by Crippen LogP contribution is 2.59. The van der Waals surface area contributed by atoms with Crippen molar-refractivity contribution in [2.75, 3.05) is 14.2 Å². The molecule has 4 rings (SSSR count). The van der Waals surface area contributed by atoms with E-state index in [0.29, 0.717) is 17.9 Å². The summed E-state index contributed by atoms with van der Waals surface area (Å²) in [4.78, 5) is 12.4. The average Bonchev–Trinajstić information content (AvgIpc) is 2.85. The van der Waals surface area contributed by atoms with E-state index < -0.39 is 17.1 Å². The van der Waals surface area contributed by atoms with Gasteiger partial charge in [0, 0.05) is 11.6 Å². The minimum Gasteiger partial charge on any atom is -0.493 e. The van der Waals surface area contributed by atoms with Crippen molar-refractivity contribution in [2.24, 2.45) is 0 Å². The van der Waals surface area contributed by atoms with E-state index in [0.717, 1.165) is 11.1 Å². The summed E-state index contributed by atoms with van der Waals surface area (Å²) in [5.74, 6) is 1.08. The van der Waals surface area contributed by atoms with Crippen molar-refractivity contribution in [1.29, 1.82) is 0 Å². The first-order valence-electron chi connectivity index (χ1n) is 7.47. The summed E-state index contributed by atoms with van der Waals surface area (Å²) in [6, 6.07) is 3.69. The summed E-state index contributed by atoms with van der Waals surface area (Å²) in [5.41, 5.74) is 0.00557. The Morgan fingerprint density at radius 2 is 2.23 bits per heavy atom. The molecule has 22 heavy (non-hydrogen) atoms. The molecular formula is C17H19NO4. The monoisotopic (exact) mass is 301 g/mol. The van der Waals surface area contributed by atoms with Crippen LogP contribution in [0.15, 0.2) is 24.3 Å². The minimum atomic E-state index is -1.18. The second-order valence-corrected chi connectivity index (χ2v) is 6.44. The first-order chi connectivity index (χ1) is 10.5. The summed E-state index contributed by atoms with van der Waals surface area (Å²) in [7, 11) is 3.41. The van der Waals surface area contributed by atoms with Gasteiger partial charge in [0.05, 0.1) is 12.5 Å². The van der Waals surface area contributed by atoms with Crippen LogP contribution in [-0.4, -0.2) is 42.8 Å². The molecule has 1 aliphatic heterocycles. The van der Waals surface area contributed by atoms with Gasteiger partial charge in [-0.3, -0.25) is 4.79 Å². The number of likely N-dealkylation sites (N-methyl/N-ethyl adjacent to an activating group) is 1. The van der Waals surface area contributed by atoms with Crippen molar-refractivity contribution < 1.29 is 19.4 Å². The molecule has 5 nitrogen and oxygen atoms in total. The van der Waals surface area contributed by atoms with Gasteiger partial charge in [-0.25, -0.2) is 0 Å². The van der Waals surface area contributed by atoms with Crippen molar-refractivity contribution in [2.45, 2.75) is 36.5 Å². The van der Waals surface area contributed by atoms with Gasteiger partial charge >= 0.3 is 0 Å². The van der Waals surface area contributed by atoms with Crippen LogP contribution >= 0.6 is 0 Å². The van der Waals surface area contributed by atoms with Gasteiger partial charge in [0.15, 0.2) is 23.4 Å². The van der Waals surface area contributed by atoms with Crippen LogP contribution in [0, 0.1) is 0 Å². The van der Waals surface area contributed by atoms with Gasteiger partial charge in [-0.2, -0.15) is 0 Å². The molecule has 2 aliphatic carbocycles. The quantitative estimate of drug-likeness (QED) is 0.843. The lowest BCUT2D eigenvalue weighted by atomic mass is 9.55. The third kappa shape index (κ3) is 1.30. The van der Waals surface area contributed by atoms with Crippen LogP contribution in [0.25, 0.3) is 0 Å². The molecule has 0 radical (unpaired) electrons. The number of hydrogen-bond acceptors (Lipinski definition) is 5. The lowest BCUT2D eigenvalue weighted by molar-refractivity contribution is -0.132. The molecule has 3 aliphatic rings. The van der Waals surface area contributed by atoms with Crippen LogP contribution in [0.2, 0.25) is 0 Å². The van der Waals surface area contributed by atoms with Crippen molar-refractivity contribution in [3.63, 3.8) is 0 Å². The molecule has 0 aromatic heterocycles. The zero-order valence-electron chi connectivity index (χ0n) is 12.8. The second-order valence-electron chi connectivity index (χ2n) is 6.44. The Kier molecular flexibility index (Phi) is 2.58. The number of ether oxygens (including phenoxy) is 2. The predicted octanol–water partition coefficient (Wildman–Crippen LogP) is 0.728. The molecule has 0 saturated carbocycles. The number of ketones is 1. The molecule has 5 heteroatoms. The molecule has 0 bridgehead atoms. The van der Waals surface area contributed by atoms with Crippen molar-refractivity contribution in [1.82, 2.24) is 5.32 Å². The Bertz CT molecular complexity index is 713. The largest absolute Gasteiger partial charge is 0.493 e. The summed E-state index contributed by atoms with van der Waals surface area (Å²) < 4.78 is 11.4. The van der Waals surface area contributed by atoms with E-state index in [2.05, 4.69) is 5.32 Å². The van der Waals surface area contributed by atoms with E-state index in [1.165, 1.54) is 6.08 Å². The van der Waals surface area contributed by atoms with Crippen molar-refractivity contribution in [3.8, 4) is 11.5 Å². The zero-order valence-corrected chi connectivity index (χ0v) is 12.8. The molecule has 0 fully saturated rings. The van der Waals surface area contributed by atoms with Gasteiger partial charge in [0.25, 0.3) is 0 Å². The van der Waals surface area contributed by atoms with E-state index in [1.807, 2.05) is 26.1 Å². The fourth-order valence-electron chi connectivity index (χ4n) is 4.39. The Hall–Kier alpha value is -1.85. The number of benzene rings is 1. The fraction of sp³-hybridized carbons (Fsp3) is 0.471. The summed E-state index contributed by atoms with van der Waals surface area (Å²) in [5, 5.41) is 14.6. The Morgan fingerprint density at radius 1 is 1.45 bits per heavy atom. The van der Waals surface area contributed by atoms with E-state index in [4.69, 9.17) is 9.47 Å². The highest BCUT2D eigenvalue weighted by Gasteiger charge is 2.67. The van der Waals surface area contributed by atoms with Crippen LogP contribution in [0.1, 0.15) is 18.1 Å². The SMILES string of the molecule is CNC1Cc2ccc(OC)c3c2C2(C)[C@@H](O3)C(=O)C=C[C@@]12O. The second kappa shape index (κ2) is 4.12. The Labute approximate surface area is 128 Å². The predicted molar refractivity (Wildman–Crippen MR) is 80.4 cm³/mol. The summed E-state index contributed by atoms with van der Waals surface area (Å²) in [6.45, 7) is 1.91. The highest BCUT2D eigenvalue weighted by molar-refractivity contribution is 5.98. The van der Waals surface area contributed by atoms with Gasteiger partial charge in [0.2, 0.25) is 0 Å². The molecule has 1 heterocycles. The average molecular weight is 301 g/mol. The van der Waals surface area contributed by atoms with Crippen LogP contribution in [0.3, 0.4) is 0 Å². The van der Waals surface area contributed by atoms with Crippen molar-refractivity contribution in [3.05, 3.63) is 35.4 Å². The number of carbonyl (C=O) groups is 1. The normalized spacial score (nSPS) is 37.7. The van der Waals surface area contributed by atoms with Crippen LogP contribution in [0.4, 0.5) is 0 Å². The highest BCUT2D eigenvalue weighted by atomic mass is 16.5. The van der Waals surface area contributed by atoms with Crippen molar-refractivity contribution >= 4 is 5.78 Å². The Morgan fingerprint density at radius 3 is 2.91 bits per heavy atom. The van der Waals surface area contributed by atoms with Gasteiger partial charge in [0.1, 0.15) is 5.60 Å². The number of nitrogens with one attached hydrogen (secondary N) is 1. The van der Waals surface area contributed by atoms with E-state index in [1.54, 1.807) is 13.2 Å². The number of hydrogen-bond donors (Lipinski definition) is 2. The molecule has 0 amide bonds. The third-order valence-corrected chi connectivity index (χ3v) is 5.60. The maximum Gasteiger partial charge on any atom is 0.196 e. The van der Waals surface area contributed by atoms with E-state index >= 15 is 0 Å². The first-order valence-corrected chi connectivity index (χ1v) is 7.47. The molecule has 2 N–H and O–H groups in total. The standard InChI is InChI=1S/C17H19NO4/c1-16-13-9-4-5-11(21-3)14(13)22-15(16)10(19)6-7-17(16,20)12(8-9)18-2/h4-7,12,15,18,20H,8H2,1-3H3/t12?,15-,16?,17+/m0/s1. The smallest absolute Gasteiger partial charge is 0.196 e. The van der Waals surface area contributed by atoms with Crippen LogP contribution < -0.4 is 14.8 Å². The summed E-state index contributed by atoms with van der Waals surface area (Å²) >= 11 is 0. The maximum atomic E-state index is 12.4. The number of methoxy groups -OCH3 is 1. The van der Waals surface area contributed by atoms with Gasteiger partial charge in [-0.15, -0.1) is 0 Å². The molecule has 0 spiro atoms. The number of rotatable bonds is 2. The van der Waals surface area contributed by atoms with Crippen LogP contribution in [-0.2, 0) is 16.6 Å². The molecule has 4 atom stereocenters. The zero-order chi connectivity index (χ0) is 15.7. The molecular weight excluding hydrogens is 282 g/mol. The Balaban J connectivity index is 2.06. The van der Waals surface area contributed by atoms with Gasteiger partial charge in [-0.1, -0.05) is 6.07 Å². The van der Waals surface area contributed by atoms with E-state index in [-0.39, 0.29) is 11.8 Å². The lowest BCUT2D eigenvalue weighted by Crippen LogP contribution is -2.69. The summed E-state index contributed by atoms with van der Waals surface area (Å²) in [6.07, 6.45) is 3.03. The molecule has 2 unspecified atom stereocenters. The van der Waals surface area contributed by atoms with Crippen LogP contribution in [0.5, 0.6) is 11.5 Å². The number of carbonyl (C=O) groups excluding carboxylic acids is 1. The topological polar surface area (TPSA) is 67.8 Å². The maximum absolute atomic E-state index is 12.4. The molecule has 0 saturated heterocycles. The first kappa shape index (κ1) is 13.8. The lowest BCUT2D eigenvalue weighted by Gasteiger charge is -2.52.